The summed E-state index contributed by atoms with van der Waals surface area (Å²) >= 11 is 0. The van der Waals surface area contributed by atoms with Gasteiger partial charge in [-0.15, -0.1) is 0 Å². The van der Waals surface area contributed by atoms with Crippen molar-refractivity contribution >= 4 is 5.91 Å². The Kier molecular flexibility index (Phi) is 7.23. The lowest BCUT2D eigenvalue weighted by molar-refractivity contribution is 0.0951. The predicted octanol–water partition coefficient (Wildman–Crippen LogP) is 5.31. The molecule has 0 bridgehead atoms. The van der Waals surface area contributed by atoms with Crippen LogP contribution in [-0.4, -0.2) is 31.0 Å². The van der Waals surface area contributed by atoms with Crippen LogP contribution in [0.1, 0.15) is 51.4 Å². The van der Waals surface area contributed by atoms with E-state index in [1.807, 2.05) is 0 Å². The Morgan fingerprint density at radius 2 is 1.53 bits per heavy atom. The van der Waals surface area contributed by atoms with Crippen LogP contribution in [0.2, 0.25) is 0 Å². The van der Waals surface area contributed by atoms with Crippen LogP contribution in [0, 0.1) is 6.92 Å². The molecule has 0 radical (unpaired) electrons. The van der Waals surface area contributed by atoms with E-state index in [4.69, 9.17) is 4.74 Å². The number of hydrogen-bond donors (Lipinski definition) is 1. The van der Waals surface area contributed by atoms with Gasteiger partial charge in [0.1, 0.15) is 5.75 Å². The summed E-state index contributed by atoms with van der Waals surface area (Å²) in [7, 11) is 1.62. The van der Waals surface area contributed by atoms with E-state index in [0.717, 1.165) is 30.9 Å². The molecule has 3 aromatic carbocycles. The maximum atomic E-state index is 12.4. The van der Waals surface area contributed by atoms with E-state index in [9.17, 15) is 4.79 Å². The molecule has 166 valence electrons. The molecule has 1 aliphatic heterocycles. The molecule has 1 aliphatic rings. The Labute approximate surface area is 191 Å². The molecule has 1 saturated heterocycles. The van der Waals surface area contributed by atoms with Crippen LogP contribution in [0.5, 0.6) is 5.75 Å². The van der Waals surface area contributed by atoms with E-state index in [-0.39, 0.29) is 5.91 Å². The molecular weight excluding hydrogens is 396 g/mol. The standard InChI is InChI=1S/C28H32N2O2/c1-21-3-5-23(6-4-21)20-30-17-15-25(16-18-30)24-9-7-22(8-10-24)19-29-28(31)26-11-13-27(32-2)14-12-26/h3-14,25H,15-20H2,1-2H3,(H,29,31). The number of likely N-dealkylation sites (tertiary alicyclic amines) is 1. The van der Waals surface area contributed by atoms with E-state index >= 15 is 0 Å². The van der Waals surface area contributed by atoms with Gasteiger partial charge in [0.25, 0.3) is 5.91 Å². The topological polar surface area (TPSA) is 41.6 Å². The highest BCUT2D eigenvalue weighted by molar-refractivity contribution is 5.94. The number of aryl methyl sites for hydroxylation is 1. The largest absolute Gasteiger partial charge is 0.497 e. The number of ether oxygens (including phenoxy) is 1. The van der Waals surface area contributed by atoms with E-state index in [0.29, 0.717) is 18.0 Å². The lowest BCUT2D eigenvalue weighted by Gasteiger charge is -2.32. The van der Waals surface area contributed by atoms with Crippen LogP contribution in [0.25, 0.3) is 0 Å². The summed E-state index contributed by atoms with van der Waals surface area (Å²) in [5.41, 5.74) is 5.88. The molecule has 4 heteroatoms. The third-order valence-corrected chi connectivity index (χ3v) is 6.37. The number of hydrogen-bond acceptors (Lipinski definition) is 3. The van der Waals surface area contributed by atoms with Gasteiger partial charge in [0, 0.05) is 18.7 Å². The van der Waals surface area contributed by atoms with Crippen molar-refractivity contribution in [3.63, 3.8) is 0 Å². The second-order valence-electron chi connectivity index (χ2n) is 8.69. The molecule has 3 aromatic rings. The first kappa shape index (κ1) is 22.1. The fourth-order valence-electron chi connectivity index (χ4n) is 4.31. The second kappa shape index (κ2) is 10.5. The van der Waals surface area contributed by atoms with Crippen molar-refractivity contribution in [2.24, 2.45) is 0 Å². The number of nitrogens with one attached hydrogen (secondary N) is 1. The van der Waals surface area contributed by atoms with Crippen molar-refractivity contribution < 1.29 is 9.53 Å². The van der Waals surface area contributed by atoms with Gasteiger partial charge in [-0.3, -0.25) is 9.69 Å². The van der Waals surface area contributed by atoms with Gasteiger partial charge in [-0.05, 0) is 79.7 Å². The number of carbonyl (C=O) groups is 1. The number of piperidine rings is 1. The molecule has 1 fully saturated rings. The summed E-state index contributed by atoms with van der Waals surface area (Å²) in [4.78, 5) is 14.9. The Balaban J connectivity index is 1.24. The summed E-state index contributed by atoms with van der Waals surface area (Å²) in [6.45, 7) is 5.98. The first-order valence-corrected chi connectivity index (χ1v) is 11.4. The van der Waals surface area contributed by atoms with Crippen molar-refractivity contribution in [2.75, 3.05) is 20.2 Å². The Bertz CT molecular complexity index is 1000. The molecule has 0 unspecified atom stereocenters. The van der Waals surface area contributed by atoms with Crippen LogP contribution in [-0.2, 0) is 13.1 Å². The summed E-state index contributed by atoms with van der Waals surface area (Å²) in [5.74, 6) is 1.29. The smallest absolute Gasteiger partial charge is 0.251 e. The van der Waals surface area contributed by atoms with E-state index in [1.165, 1.54) is 29.5 Å². The zero-order chi connectivity index (χ0) is 22.3. The fourth-order valence-corrected chi connectivity index (χ4v) is 4.31. The third-order valence-electron chi connectivity index (χ3n) is 6.37. The normalized spacial score (nSPS) is 14.8. The van der Waals surface area contributed by atoms with Crippen molar-refractivity contribution in [1.29, 1.82) is 0 Å². The van der Waals surface area contributed by atoms with Crippen molar-refractivity contribution in [1.82, 2.24) is 10.2 Å². The number of benzene rings is 3. The minimum absolute atomic E-state index is 0.0716. The van der Waals surface area contributed by atoms with E-state index < -0.39 is 0 Å². The van der Waals surface area contributed by atoms with Gasteiger partial charge in [-0.25, -0.2) is 0 Å². The van der Waals surface area contributed by atoms with Gasteiger partial charge in [0.05, 0.1) is 7.11 Å². The first-order chi connectivity index (χ1) is 15.6. The number of methoxy groups -OCH3 is 1. The molecule has 0 saturated carbocycles. The van der Waals surface area contributed by atoms with E-state index in [1.54, 1.807) is 31.4 Å². The highest BCUT2D eigenvalue weighted by Gasteiger charge is 2.20. The average molecular weight is 429 g/mol. The highest BCUT2D eigenvalue weighted by Crippen LogP contribution is 2.29. The average Bonchev–Trinajstić information content (AvgIpc) is 2.85. The molecule has 0 aromatic heterocycles. The monoisotopic (exact) mass is 428 g/mol. The van der Waals surface area contributed by atoms with Crippen LogP contribution in [0.4, 0.5) is 0 Å². The summed E-state index contributed by atoms with van der Waals surface area (Å²) in [6, 6.07) is 24.8. The van der Waals surface area contributed by atoms with Crippen LogP contribution in [0.15, 0.2) is 72.8 Å². The number of nitrogens with zero attached hydrogens (tertiary/aromatic N) is 1. The zero-order valence-corrected chi connectivity index (χ0v) is 19.0. The van der Waals surface area contributed by atoms with Gasteiger partial charge < -0.3 is 10.1 Å². The summed E-state index contributed by atoms with van der Waals surface area (Å²) in [5, 5.41) is 3.00. The van der Waals surface area contributed by atoms with Crippen LogP contribution < -0.4 is 10.1 Å². The van der Waals surface area contributed by atoms with Gasteiger partial charge >= 0.3 is 0 Å². The lowest BCUT2D eigenvalue weighted by atomic mass is 9.89. The van der Waals surface area contributed by atoms with Gasteiger partial charge in [0.15, 0.2) is 0 Å². The van der Waals surface area contributed by atoms with Gasteiger partial charge in [-0.2, -0.15) is 0 Å². The maximum absolute atomic E-state index is 12.4. The molecular formula is C28H32N2O2. The molecule has 4 nitrogen and oxygen atoms in total. The quantitative estimate of drug-likeness (QED) is 0.554. The third kappa shape index (κ3) is 5.77. The van der Waals surface area contributed by atoms with E-state index in [2.05, 4.69) is 65.7 Å². The number of amides is 1. The fraction of sp³-hybridized carbons (Fsp3) is 0.321. The van der Waals surface area contributed by atoms with Crippen LogP contribution in [0.3, 0.4) is 0 Å². The summed E-state index contributed by atoms with van der Waals surface area (Å²) in [6.07, 6.45) is 2.39. The molecule has 32 heavy (non-hydrogen) atoms. The van der Waals surface area contributed by atoms with Gasteiger partial charge in [0.2, 0.25) is 0 Å². The Morgan fingerprint density at radius 3 is 2.16 bits per heavy atom. The van der Waals surface area contributed by atoms with Crippen molar-refractivity contribution in [3.05, 3.63) is 101 Å². The molecule has 0 aliphatic carbocycles. The highest BCUT2D eigenvalue weighted by atomic mass is 16.5. The Hall–Kier alpha value is -3.11. The van der Waals surface area contributed by atoms with Crippen molar-refractivity contribution in [3.8, 4) is 5.75 Å². The zero-order valence-electron chi connectivity index (χ0n) is 19.0. The Morgan fingerprint density at radius 1 is 0.906 bits per heavy atom. The van der Waals surface area contributed by atoms with Gasteiger partial charge in [-0.1, -0.05) is 54.1 Å². The molecule has 0 spiro atoms. The number of carbonyl (C=O) groups excluding carboxylic acids is 1. The maximum Gasteiger partial charge on any atom is 0.251 e. The minimum atomic E-state index is -0.0716. The minimum Gasteiger partial charge on any atom is -0.497 e. The van der Waals surface area contributed by atoms with Crippen LogP contribution >= 0.6 is 0 Å². The number of rotatable bonds is 7. The molecule has 4 rings (SSSR count). The summed E-state index contributed by atoms with van der Waals surface area (Å²) < 4.78 is 5.14. The van der Waals surface area contributed by atoms with Crippen molar-refractivity contribution in [2.45, 2.75) is 38.8 Å². The predicted molar refractivity (Wildman–Crippen MR) is 129 cm³/mol. The molecule has 1 heterocycles. The second-order valence-corrected chi connectivity index (χ2v) is 8.69. The molecule has 0 atom stereocenters. The SMILES string of the molecule is COc1ccc(C(=O)NCc2ccc(C3CCN(Cc4ccc(C)cc4)CC3)cc2)cc1. The molecule has 1 N–H and O–H groups in total. The lowest BCUT2D eigenvalue weighted by Crippen LogP contribution is -2.32. The molecule has 1 amide bonds. The first-order valence-electron chi connectivity index (χ1n) is 11.4.